The molecule has 4 N–H and O–H groups in total. The van der Waals surface area contributed by atoms with Crippen molar-refractivity contribution in [2.45, 2.75) is 37.0 Å². The fourth-order valence-corrected chi connectivity index (χ4v) is 2.98. The standard InChI is InChI=1S/C16H20O9/c1-2-7-8-3-4-22-14(21)9(8)6-23-15(7)25-16-13(20)12(19)11(18)10(5-17)24-16/h2-3,6-7,10-13,15-20H,1,4-5H2/t7-,10-,11-,12+,13-,15+,16?/m1/s1. The van der Waals surface area contributed by atoms with E-state index in [1.807, 2.05) is 0 Å². The van der Waals surface area contributed by atoms with E-state index < -0.39 is 55.5 Å². The van der Waals surface area contributed by atoms with E-state index in [0.29, 0.717) is 5.57 Å². The van der Waals surface area contributed by atoms with E-state index >= 15 is 0 Å². The maximum Gasteiger partial charge on any atom is 0.341 e. The summed E-state index contributed by atoms with van der Waals surface area (Å²) in [5.41, 5.74) is 0.872. The van der Waals surface area contributed by atoms with E-state index in [9.17, 15) is 25.2 Å². The average molecular weight is 356 g/mol. The van der Waals surface area contributed by atoms with Gasteiger partial charge in [0, 0.05) is 0 Å². The zero-order valence-electron chi connectivity index (χ0n) is 13.2. The van der Waals surface area contributed by atoms with E-state index in [0.717, 1.165) is 0 Å². The van der Waals surface area contributed by atoms with Crippen LogP contribution in [0.5, 0.6) is 0 Å². The quantitative estimate of drug-likeness (QED) is 0.344. The Hall–Kier alpha value is -1.75. The Morgan fingerprint density at radius 3 is 2.68 bits per heavy atom. The summed E-state index contributed by atoms with van der Waals surface area (Å²) in [6, 6.07) is 0. The molecule has 0 aromatic carbocycles. The van der Waals surface area contributed by atoms with Crippen LogP contribution in [-0.2, 0) is 23.7 Å². The van der Waals surface area contributed by atoms with Crippen LogP contribution in [0.15, 0.2) is 36.1 Å². The number of rotatable bonds is 4. The molecule has 0 amide bonds. The molecule has 1 fully saturated rings. The maximum absolute atomic E-state index is 11.8. The van der Waals surface area contributed by atoms with Crippen LogP contribution < -0.4 is 0 Å². The van der Waals surface area contributed by atoms with Gasteiger partial charge in [-0.15, -0.1) is 6.58 Å². The van der Waals surface area contributed by atoms with Gasteiger partial charge >= 0.3 is 5.97 Å². The van der Waals surface area contributed by atoms with Crippen LogP contribution in [0, 0.1) is 5.92 Å². The fourth-order valence-electron chi connectivity index (χ4n) is 2.98. The molecule has 0 saturated carbocycles. The largest absolute Gasteiger partial charge is 0.471 e. The van der Waals surface area contributed by atoms with Crippen LogP contribution in [0.3, 0.4) is 0 Å². The summed E-state index contributed by atoms with van der Waals surface area (Å²) < 4.78 is 21.2. The molecule has 9 nitrogen and oxygen atoms in total. The summed E-state index contributed by atoms with van der Waals surface area (Å²) in [5, 5.41) is 38.9. The first-order chi connectivity index (χ1) is 12.0. The predicted molar refractivity (Wildman–Crippen MR) is 80.5 cm³/mol. The lowest BCUT2D eigenvalue weighted by Gasteiger charge is -2.42. The van der Waals surface area contributed by atoms with Crippen molar-refractivity contribution < 1.29 is 44.2 Å². The van der Waals surface area contributed by atoms with Gasteiger partial charge in [-0.3, -0.25) is 0 Å². The SMILES string of the molecule is C=C[C@@H]1C2=CCOC(=O)C2=CO[C@H]1OC1O[C@H](CO)[C@@H](O)[C@H](O)[C@H]1O. The normalized spacial score (nSPS) is 41.0. The lowest BCUT2D eigenvalue weighted by molar-refractivity contribution is -0.336. The van der Waals surface area contributed by atoms with Crippen molar-refractivity contribution in [3.63, 3.8) is 0 Å². The molecule has 3 aliphatic heterocycles. The van der Waals surface area contributed by atoms with Crippen molar-refractivity contribution in [1.82, 2.24) is 0 Å². The third-order valence-corrected chi connectivity index (χ3v) is 4.39. The van der Waals surface area contributed by atoms with E-state index in [-0.39, 0.29) is 12.2 Å². The van der Waals surface area contributed by atoms with Gasteiger partial charge in [0.15, 0.2) is 6.29 Å². The molecule has 3 aliphatic rings. The molecule has 7 atom stereocenters. The molecule has 3 heterocycles. The fraction of sp³-hybridized carbons (Fsp3) is 0.562. The monoisotopic (exact) mass is 356 g/mol. The molecular weight excluding hydrogens is 336 g/mol. The summed E-state index contributed by atoms with van der Waals surface area (Å²) in [4.78, 5) is 11.8. The predicted octanol–water partition coefficient (Wildman–Crippen LogP) is -1.67. The number of fused-ring (bicyclic) bond motifs is 1. The highest BCUT2D eigenvalue weighted by molar-refractivity contribution is 5.94. The van der Waals surface area contributed by atoms with Crippen molar-refractivity contribution >= 4 is 5.97 Å². The average Bonchev–Trinajstić information content (AvgIpc) is 2.62. The Balaban J connectivity index is 1.78. The number of hydrogen-bond acceptors (Lipinski definition) is 9. The Bertz CT molecular complexity index is 596. The molecule has 0 spiro atoms. The third-order valence-electron chi connectivity index (χ3n) is 4.39. The van der Waals surface area contributed by atoms with Crippen molar-refractivity contribution in [2.24, 2.45) is 5.92 Å². The van der Waals surface area contributed by atoms with Crippen molar-refractivity contribution in [3.05, 3.63) is 36.1 Å². The number of aliphatic hydroxyl groups is 4. The van der Waals surface area contributed by atoms with Gasteiger partial charge in [-0.05, 0) is 11.6 Å². The summed E-state index contributed by atoms with van der Waals surface area (Å²) in [5.74, 6) is -1.06. The highest BCUT2D eigenvalue weighted by atomic mass is 16.8. The minimum atomic E-state index is -1.56. The minimum absolute atomic E-state index is 0.114. The van der Waals surface area contributed by atoms with E-state index in [4.69, 9.17) is 18.9 Å². The molecule has 1 saturated heterocycles. The Morgan fingerprint density at radius 1 is 1.24 bits per heavy atom. The van der Waals surface area contributed by atoms with E-state index in [1.54, 1.807) is 6.08 Å². The molecule has 0 bridgehead atoms. The molecule has 0 radical (unpaired) electrons. The van der Waals surface area contributed by atoms with Gasteiger partial charge in [0.05, 0.1) is 18.1 Å². The number of hydrogen-bond donors (Lipinski definition) is 4. The molecule has 138 valence electrons. The molecule has 1 unspecified atom stereocenters. The van der Waals surface area contributed by atoms with E-state index in [2.05, 4.69) is 6.58 Å². The second-order valence-electron chi connectivity index (χ2n) is 5.89. The lowest BCUT2D eigenvalue weighted by Crippen LogP contribution is -2.60. The zero-order chi connectivity index (χ0) is 18.1. The second kappa shape index (κ2) is 7.24. The third kappa shape index (κ3) is 3.22. The van der Waals surface area contributed by atoms with Crippen LogP contribution in [-0.4, -0.2) is 76.6 Å². The number of aliphatic hydroxyl groups excluding tert-OH is 4. The maximum atomic E-state index is 11.8. The highest BCUT2D eigenvalue weighted by Crippen LogP contribution is 2.35. The van der Waals surface area contributed by atoms with Crippen molar-refractivity contribution in [3.8, 4) is 0 Å². The van der Waals surface area contributed by atoms with Crippen LogP contribution in [0.2, 0.25) is 0 Å². The van der Waals surface area contributed by atoms with Gasteiger partial charge in [-0.1, -0.05) is 6.08 Å². The first-order valence-corrected chi connectivity index (χ1v) is 7.79. The molecule has 9 heteroatoms. The van der Waals surface area contributed by atoms with E-state index in [1.165, 1.54) is 12.3 Å². The topological polar surface area (TPSA) is 135 Å². The number of ether oxygens (including phenoxy) is 4. The second-order valence-corrected chi connectivity index (χ2v) is 5.89. The summed E-state index contributed by atoms with van der Waals surface area (Å²) in [6.07, 6.45) is -3.61. The van der Waals surface area contributed by atoms with Crippen LogP contribution in [0.1, 0.15) is 0 Å². The molecule has 25 heavy (non-hydrogen) atoms. The van der Waals surface area contributed by atoms with Gasteiger partial charge < -0.3 is 39.4 Å². The molecule has 0 aromatic rings. The van der Waals surface area contributed by atoms with Crippen LogP contribution in [0.25, 0.3) is 0 Å². The number of esters is 1. The Morgan fingerprint density at radius 2 is 2.00 bits per heavy atom. The van der Waals surface area contributed by atoms with Gasteiger partial charge in [-0.2, -0.15) is 0 Å². The summed E-state index contributed by atoms with van der Waals surface area (Å²) in [6.45, 7) is 3.25. The van der Waals surface area contributed by atoms with Crippen LogP contribution in [0.4, 0.5) is 0 Å². The van der Waals surface area contributed by atoms with Gasteiger partial charge in [0.1, 0.15) is 37.3 Å². The van der Waals surface area contributed by atoms with Crippen LogP contribution >= 0.6 is 0 Å². The first-order valence-electron chi connectivity index (χ1n) is 7.79. The number of carbonyl (C=O) groups is 1. The first kappa shape index (κ1) is 18.1. The molecule has 0 aromatic heterocycles. The number of cyclic esters (lactones) is 1. The van der Waals surface area contributed by atoms with Gasteiger partial charge in [-0.25, -0.2) is 4.79 Å². The Labute approximate surface area is 143 Å². The van der Waals surface area contributed by atoms with Gasteiger partial charge in [0.25, 0.3) is 0 Å². The minimum Gasteiger partial charge on any atom is -0.471 e. The molecule has 0 aliphatic carbocycles. The number of carbonyl (C=O) groups excluding carboxylic acids is 1. The summed E-state index contributed by atoms with van der Waals surface area (Å²) in [7, 11) is 0. The van der Waals surface area contributed by atoms with Crippen molar-refractivity contribution in [2.75, 3.05) is 13.2 Å². The van der Waals surface area contributed by atoms with Gasteiger partial charge in [0.2, 0.25) is 6.29 Å². The zero-order valence-corrected chi connectivity index (χ0v) is 13.2. The smallest absolute Gasteiger partial charge is 0.341 e. The Kier molecular flexibility index (Phi) is 5.23. The highest BCUT2D eigenvalue weighted by Gasteiger charge is 2.46. The van der Waals surface area contributed by atoms with Crippen molar-refractivity contribution in [1.29, 1.82) is 0 Å². The summed E-state index contributed by atoms with van der Waals surface area (Å²) >= 11 is 0. The molecule has 3 rings (SSSR count). The molecular formula is C16H20O9. The lowest BCUT2D eigenvalue weighted by atomic mass is 9.89.